The van der Waals surface area contributed by atoms with Crippen LogP contribution in [0.4, 0.5) is 0 Å². The van der Waals surface area contributed by atoms with Gasteiger partial charge in [0.05, 0.1) is 11.4 Å². The van der Waals surface area contributed by atoms with Crippen LogP contribution in [0.25, 0.3) is 11.4 Å². The van der Waals surface area contributed by atoms with Crippen molar-refractivity contribution in [3.63, 3.8) is 0 Å². The number of hydrazine groups is 1. The van der Waals surface area contributed by atoms with Crippen molar-refractivity contribution in [2.75, 3.05) is 5.12 Å². The van der Waals surface area contributed by atoms with Gasteiger partial charge in [-0.15, -0.1) is 5.10 Å². The molecule has 0 bridgehead atoms. The van der Waals surface area contributed by atoms with E-state index in [9.17, 15) is 0 Å². The van der Waals surface area contributed by atoms with Crippen LogP contribution in [0.1, 0.15) is 49.1 Å². The molecular formula is C23H26Br2ClIN10. The molecule has 14 heteroatoms. The minimum Gasteiger partial charge on any atom is -0.271 e. The molecule has 5 heterocycles. The maximum atomic E-state index is 6.78. The average Bonchev–Trinajstić information content (AvgIpc) is 3.61. The fourth-order valence-electron chi connectivity index (χ4n) is 4.61. The summed E-state index contributed by atoms with van der Waals surface area (Å²) >= 11 is 16.3. The molecular weight excluding hydrogens is 738 g/mol. The Kier molecular flexibility index (Phi) is 7.03. The van der Waals surface area contributed by atoms with Gasteiger partial charge in [0.1, 0.15) is 24.3 Å². The largest absolute Gasteiger partial charge is 0.271 e. The van der Waals surface area contributed by atoms with Crippen LogP contribution in [-0.4, -0.2) is 39.2 Å². The van der Waals surface area contributed by atoms with Crippen molar-refractivity contribution >= 4 is 71.7 Å². The Morgan fingerprint density at radius 3 is 2.30 bits per heavy atom. The average molecular weight is 765 g/mol. The molecule has 4 aromatic rings. The molecule has 4 aromatic heterocycles. The molecule has 5 rings (SSSR count). The Labute approximate surface area is 250 Å². The van der Waals surface area contributed by atoms with E-state index in [0.717, 1.165) is 59.8 Å². The molecule has 0 spiro atoms. The Bertz CT molecular complexity index is 1530. The molecule has 1 atom stereocenters. The van der Waals surface area contributed by atoms with E-state index in [4.69, 9.17) is 26.9 Å². The van der Waals surface area contributed by atoms with Crippen molar-refractivity contribution in [2.45, 2.75) is 60.0 Å². The van der Waals surface area contributed by atoms with E-state index in [2.05, 4.69) is 98.7 Å². The summed E-state index contributed by atoms with van der Waals surface area (Å²) in [6, 6.07) is 4.08. The molecule has 1 N–H and O–H groups in total. The van der Waals surface area contributed by atoms with E-state index in [-0.39, 0.29) is 0 Å². The highest BCUT2D eigenvalue weighted by Gasteiger charge is 2.50. The fourth-order valence-corrected chi connectivity index (χ4v) is 6.61. The third-order valence-electron chi connectivity index (χ3n) is 6.73. The van der Waals surface area contributed by atoms with Crippen molar-refractivity contribution in [3.05, 3.63) is 64.7 Å². The Morgan fingerprint density at radius 2 is 1.68 bits per heavy atom. The number of nitrogens with one attached hydrogen (secondary N) is 1. The molecule has 0 aliphatic carbocycles. The zero-order valence-corrected chi connectivity index (χ0v) is 27.3. The highest BCUT2D eigenvalue weighted by molar-refractivity contribution is 14.1. The maximum Gasteiger partial charge on any atom is 0.212 e. The summed E-state index contributed by atoms with van der Waals surface area (Å²) in [5, 5.41) is 21.4. The first-order chi connectivity index (χ1) is 17.5. The molecule has 0 aromatic carbocycles. The van der Waals surface area contributed by atoms with Gasteiger partial charge in [-0.3, -0.25) is 5.43 Å². The van der Waals surface area contributed by atoms with Gasteiger partial charge in [0.2, 0.25) is 5.66 Å². The predicted octanol–water partition coefficient (Wildman–Crippen LogP) is 5.58. The zero-order valence-electron chi connectivity index (χ0n) is 21.2. The lowest BCUT2D eigenvalue weighted by atomic mass is 10.1. The van der Waals surface area contributed by atoms with Gasteiger partial charge in [-0.2, -0.15) is 25.2 Å². The van der Waals surface area contributed by atoms with Gasteiger partial charge in [-0.1, -0.05) is 25.4 Å². The van der Waals surface area contributed by atoms with E-state index in [1.54, 1.807) is 4.79 Å². The molecule has 1 aliphatic rings. The third-order valence-corrected chi connectivity index (χ3v) is 8.45. The highest BCUT2D eigenvalue weighted by atomic mass is 127. The minimum atomic E-state index is -0.882. The molecule has 0 amide bonds. The van der Waals surface area contributed by atoms with Crippen LogP contribution in [-0.2, 0) is 18.5 Å². The molecule has 0 fully saturated rings. The van der Waals surface area contributed by atoms with Crippen LogP contribution >= 0.6 is 66.1 Å². The quantitative estimate of drug-likeness (QED) is 0.204. The standard InChI is InChI=1S/C23H26Br2ClIN10/c1-7-15-9-17(24)29-34(15)19-14(5)36(32-22(19)26)37-23(6,33-11-12(3)13(4)28-33)20(21(25)31-37)35-16(8-2)10-18(27)30-35/h9-11,31H,7-8H2,1-6H3. The van der Waals surface area contributed by atoms with Crippen LogP contribution in [0.15, 0.2) is 27.5 Å². The second-order valence-corrected chi connectivity index (χ2v) is 12.1. The summed E-state index contributed by atoms with van der Waals surface area (Å²) < 4.78 is 8.17. The van der Waals surface area contributed by atoms with E-state index in [1.807, 2.05) is 45.3 Å². The smallest absolute Gasteiger partial charge is 0.212 e. The second kappa shape index (κ2) is 9.72. The summed E-state index contributed by atoms with van der Waals surface area (Å²) in [7, 11) is 0. The summed E-state index contributed by atoms with van der Waals surface area (Å²) in [5.74, 6) is 0. The van der Waals surface area contributed by atoms with Crippen LogP contribution in [0, 0.1) is 24.5 Å². The Morgan fingerprint density at radius 1 is 1.00 bits per heavy atom. The number of hydrogen-bond donors (Lipinski definition) is 1. The monoisotopic (exact) mass is 762 g/mol. The number of aromatic nitrogens is 8. The van der Waals surface area contributed by atoms with Crippen LogP contribution in [0.3, 0.4) is 0 Å². The summed E-state index contributed by atoms with van der Waals surface area (Å²) in [4.78, 5) is 1.77. The molecule has 10 nitrogen and oxygen atoms in total. The van der Waals surface area contributed by atoms with E-state index < -0.39 is 5.66 Å². The molecule has 1 aliphatic heterocycles. The number of nitrogens with zero attached hydrogens (tertiary/aromatic N) is 9. The second-order valence-electron chi connectivity index (χ2n) is 9.01. The Balaban J connectivity index is 1.74. The van der Waals surface area contributed by atoms with Gasteiger partial charge in [-0.05, 0) is 113 Å². The first-order valence-electron chi connectivity index (χ1n) is 11.8. The first-order valence-corrected chi connectivity index (χ1v) is 14.8. The lowest BCUT2D eigenvalue weighted by Gasteiger charge is -2.37. The van der Waals surface area contributed by atoms with Gasteiger partial charge < -0.3 is 0 Å². The van der Waals surface area contributed by atoms with Crippen molar-refractivity contribution in [2.24, 2.45) is 0 Å². The molecule has 0 saturated carbocycles. The van der Waals surface area contributed by atoms with Gasteiger partial charge in [-0.25, -0.2) is 14.0 Å². The van der Waals surface area contributed by atoms with Crippen LogP contribution < -0.4 is 10.5 Å². The normalized spacial score (nSPS) is 17.8. The van der Waals surface area contributed by atoms with Crippen LogP contribution in [0.2, 0.25) is 5.15 Å². The van der Waals surface area contributed by atoms with Gasteiger partial charge in [0.15, 0.2) is 5.15 Å². The third kappa shape index (κ3) is 4.16. The minimum absolute atomic E-state index is 0.340. The van der Waals surface area contributed by atoms with Crippen molar-refractivity contribution in [1.29, 1.82) is 0 Å². The number of rotatable bonds is 6. The van der Waals surface area contributed by atoms with E-state index in [1.165, 1.54) is 0 Å². The Hall–Kier alpha value is -1.84. The summed E-state index contributed by atoms with van der Waals surface area (Å²) in [6.07, 6.45) is 3.65. The van der Waals surface area contributed by atoms with Crippen molar-refractivity contribution in [1.82, 2.24) is 44.7 Å². The highest BCUT2D eigenvalue weighted by Crippen LogP contribution is 2.42. The fraction of sp³-hybridized carbons (Fsp3) is 0.391. The zero-order chi connectivity index (χ0) is 26.8. The van der Waals surface area contributed by atoms with Gasteiger partial charge in [0, 0.05) is 17.6 Å². The van der Waals surface area contributed by atoms with E-state index in [0.29, 0.717) is 10.8 Å². The molecule has 196 valence electrons. The first kappa shape index (κ1) is 26.8. The number of aryl methyl sites for hydroxylation is 4. The number of hydrogen-bond acceptors (Lipinski definition) is 6. The lowest BCUT2D eigenvalue weighted by molar-refractivity contribution is 0.264. The predicted molar refractivity (Wildman–Crippen MR) is 159 cm³/mol. The lowest BCUT2D eigenvalue weighted by Crippen LogP contribution is -2.58. The number of halogens is 4. The van der Waals surface area contributed by atoms with Gasteiger partial charge in [0.25, 0.3) is 0 Å². The van der Waals surface area contributed by atoms with Crippen molar-refractivity contribution < 1.29 is 0 Å². The summed E-state index contributed by atoms with van der Waals surface area (Å²) in [6.45, 7) is 12.3. The van der Waals surface area contributed by atoms with E-state index >= 15 is 0 Å². The molecule has 0 radical (unpaired) electrons. The molecule has 0 saturated heterocycles. The molecule has 37 heavy (non-hydrogen) atoms. The SMILES string of the molecule is CCc1cc(I)nn1C1=C(Br)NN(n2nc(Cl)c(-n3nc(Br)cc3CC)c2C)C1(C)n1cc(C)c(C)n1. The topological polar surface area (TPSA) is 86.5 Å². The molecule has 1 unspecified atom stereocenters. The van der Waals surface area contributed by atoms with Gasteiger partial charge >= 0.3 is 0 Å². The summed E-state index contributed by atoms with van der Waals surface area (Å²) in [5.41, 5.74) is 9.11. The maximum absolute atomic E-state index is 6.78. The van der Waals surface area contributed by atoms with Crippen LogP contribution in [0.5, 0.6) is 0 Å². The van der Waals surface area contributed by atoms with Crippen molar-refractivity contribution in [3.8, 4) is 5.69 Å².